The van der Waals surface area contributed by atoms with Crippen LogP contribution in [-0.2, 0) is 0 Å². The normalized spacial score (nSPS) is 11.6. The molecule has 0 aliphatic carbocycles. The van der Waals surface area contributed by atoms with E-state index in [1.807, 2.05) is 55.6 Å². The van der Waals surface area contributed by atoms with E-state index in [-0.39, 0.29) is 0 Å². The Morgan fingerprint density at radius 1 is 1.12 bits per heavy atom. The molecule has 0 radical (unpaired) electrons. The van der Waals surface area contributed by atoms with Gasteiger partial charge in [0.1, 0.15) is 0 Å². The van der Waals surface area contributed by atoms with E-state index >= 15 is 0 Å². The van der Waals surface area contributed by atoms with E-state index in [1.54, 1.807) is 0 Å². The number of hydrogen-bond acceptors (Lipinski definition) is 3. The van der Waals surface area contributed by atoms with Crippen LogP contribution < -0.4 is 0 Å². The summed E-state index contributed by atoms with van der Waals surface area (Å²) >= 11 is 6.42. The Bertz CT molecular complexity index is 1060. The minimum atomic E-state index is 0.344. The Morgan fingerprint density at radius 2 is 1.92 bits per heavy atom. The molecule has 0 saturated heterocycles. The quantitative estimate of drug-likeness (QED) is 0.461. The number of aromatic nitrogens is 3. The predicted molar refractivity (Wildman–Crippen MR) is 101 cm³/mol. The van der Waals surface area contributed by atoms with Crippen molar-refractivity contribution in [3.05, 3.63) is 59.2 Å². The molecule has 0 bridgehead atoms. The maximum Gasteiger partial charge on any atom is 0.258 e. The molecule has 4 aromatic rings. The zero-order chi connectivity index (χ0) is 17.6. The summed E-state index contributed by atoms with van der Waals surface area (Å²) < 4.78 is 7.65. The van der Waals surface area contributed by atoms with Crippen LogP contribution in [0.15, 0.2) is 53.2 Å². The van der Waals surface area contributed by atoms with E-state index in [1.165, 1.54) is 0 Å². The average molecular weight is 352 g/mol. The van der Waals surface area contributed by atoms with Crippen LogP contribution in [0, 0.1) is 6.92 Å². The molecule has 0 saturated carbocycles. The topological polar surface area (TPSA) is 43.9 Å². The van der Waals surface area contributed by atoms with Crippen LogP contribution in [0.3, 0.4) is 0 Å². The van der Waals surface area contributed by atoms with Crippen molar-refractivity contribution in [1.82, 2.24) is 14.7 Å². The van der Waals surface area contributed by atoms with Gasteiger partial charge in [0.25, 0.3) is 5.89 Å². The van der Waals surface area contributed by atoms with Crippen LogP contribution in [0.2, 0.25) is 5.02 Å². The van der Waals surface area contributed by atoms with Crippen LogP contribution >= 0.6 is 11.6 Å². The molecule has 5 heteroatoms. The Hall–Kier alpha value is -2.59. The van der Waals surface area contributed by atoms with Gasteiger partial charge >= 0.3 is 0 Å². The Morgan fingerprint density at radius 3 is 2.68 bits per heavy atom. The van der Waals surface area contributed by atoms with Crippen molar-refractivity contribution in [3.63, 3.8) is 0 Å². The lowest BCUT2D eigenvalue weighted by molar-refractivity contribution is 0.432. The molecule has 0 aliphatic heterocycles. The van der Waals surface area contributed by atoms with E-state index in [9.17, 15) is 0 Å². The molecule has 2 heterocycles. The standard InChI is InChI=1S/C20H18ClN3O/c1-12(2)24-11-17(21)16-10-14(8-9-18(16)24)20-22-19(23-25-20)15-7-5-4-6-13(15)3/h4-12H,1-3H3. The third kappa shape index (κ3) is 2.72. The fourth-order valence-corrected chi connectivity index (χ4v) is 3.30. The van der Waals surface area contributed by atoms with E-state index in [2.05, 4.69) is 28.6 Å². The van der Waals surface area contributed by atoms with Gasteiger partial charge < -0.3 is 9.09 Å². The fraction of sp³-hybridized carbons (Fsp3) is 0.200. The number of aryl methyl sites for hydroxylation is 1. The van der Waals surface area contributed by atoms with Gasteiger partial charge in [-0.05, 0) is 44.5 Å². The van der Waals surface area contributed by atoms with Crippen molar-refractivity contribution < 1.29 is 4.52 Å². The van der Waals surface area contributed by atoms with Gasteiger partial charge in [0.15, 0.2) is 0 Å². The third-order valence-electron chi connectivity index (χ3n) is 4.40. The Kier molecular flexibility index (Phi) is 3.85. The van der Waals surface area contributed by atoms with Gasteiger partial charge in [0.05, 0.1) is 5.02 Å². The lowest BCUT2D eigenvalue weighted by Crippen LogP contribution is -1.97. The zero-order valence-electron chi connectivity index (χ0n) is 14.3. The van der Waals surface area contributed by atoms with E-state index in [4.69, 9.17) is 16.1 Å². The molecule has 126 valence electrons. The van der Waals surface area contributed by atoms with Crippen LogP contribution in [0.5, 0.6) is 0 Å². The van der Waals surface area contributed by atoms with Crippen molar-refractivity contribution >= 4 is 22.5 Å². The summed E-state index contributed by atoms with van der Waals surface area (Å²) in [4.78, 5) is 4.56. The Balaban J connectivity index is 1.78. The molecule has 2 aromatic carbocycles. The highest BCUT2D eigenvalue weighted by Gasteiger charge is 2.15. The van der Waals surface area contributed by atoms with Crippen molar-refractivity contribution in [2.45, 2.75) is 26.8 Å². The summed E-state index contributed by atoms with van der Waals surface area (Å²) in [5.74, 6) is 1.09. The Labute approximate surface area is 151 Å². The minimum absolute atomic E-state index is 0.344. The zero-order valence-corrected chi connectivity index (χ0v) is 15.1. The lowest BCUT2D eigenvalue weighted by Gasteiger charge is -2.08. The molecule has 25 heavy (non-hydrogen) atoms. The molecule has 2 aromatic heterocycles. The van der Waals surface area contributed by atoms with E-state index < -0.39 is 0 Å². The number of fused-ring (bicyclic) bond motifs is 1. The summed E-state index contributed by atoms with van der Waals surface area (Å²) in [5, 5.41) is 5.85. The summed E-state index contributed by atoms with van der Waals surface area (Å²) in [7, 11) is 0. The van der Waals surface area contributed by atoms with Gasteiger partial charge in [-0.3, -0.25) is 0 Å². The lowest BCUT2D eigenvalue weighted by atomic mass is 10.1. The molecule has 0 spiro atoms. The van der Waals surface area contributed by atoms with Crippen LogP contribution in [0.1, 0.15) is 25.5 Å². The fourth-order valence-electron chi connectivity index (χ4n) is 3.05. The molecule has 0 aliphatic rings. The highest BCUT2D eigenvalue weighted by atomic mass is 35.5. The molecule has 0 N–H and O–H groups in total. The molecule has 0 atom stereocenters. The summed E-state index contributed by atoms with van der Waals surface area (Å²) in [5.41, 5.74) is 4.05. The summed E-state index contributed by atoms with van der Waals surface area (Å²) in [6.45, 7) is 6.30. The molecule has 0 fully saturated rings. The van der Waals surface area contributed by atoms with Crippen molar-refractivity contribution in [3.8, 4) is 22.8 Å². The first-order chi connectivity index (χ1) is 12.0. The number of rotatable bonds is 3. The van der Waals surface area contributed by atoms with Crippen LogP contribution in [0.4, 0.5) is 0 Å². The van der Waals surface area contributed by atoms with Crippen molar-refractivity contribution in [2.24, 2.45) is 0 Å². The molecule has 4 nitrogen and oxygen atoms in total. The second kappa shape index (κ2) is 6.05. The first-order valence-electron chi connectivity index (χ1n) is 8.25. The first kappa shape index (κ1) is 15.9. The predicted octanol–water partition coefficient (Wildman–Crippen LogP) is 5.90. The van der Waals surface area contributed by atoms with Crippen LogP contribution in [0.25, 0.3) is 33.7 Å². The number of hydrogen-bond donors (Lipinski definition) is 0. The largest absolute Gasteiger partial charge is 0.343 e. The number of nitrogens with zero attached hydrogens (tertiary/aromatic N) is 3. The maximum absolute atomic E-state index is 6.42. The van der Waals surface area contributed by atoms with Crippen LogP contribution in [-0.4, -0.2) is 14.7 Å². The minimum Gasteiger partial charge on any atom is -0.343 e. The van der Waals surface area contributed by atoms with Gasteiger partial charge in [0.2, 0.25) is 5.82 Å². The van der Waals surface area contributed by atoms with Crippen molar-refractivity contribution in [2.75, 3.05) is 0 Å². The van der Waals surface area contributed by atoms with Gasteiger partial charge in [-0.2, -0.15) is 4.98 Å². The first-order valence-corrected chi connectivity index (χ1v) is 8.62. The van der Waals surface area contributed by atoms with Crippen molar-refractivity contribution in [1.29, 1.82) is 0 Å². The molecular weight excluding hydrogens is 334 g/mol. The van der Waals surface area contributed by atoms with Gasteiger partial charge in [-0.1, -0.05) is 41.0 Å². The summed E-state index contributed by atoms with van der Waals surface area (Å²) in [6.07, 6.45) is 1.97. The van der Waals surface area contributed by atoms with E-state index in [0.29, 0.717) is 17.8 Å². The van der Waals surface area contributed by atoms with Gasteiger partial charge in [-0.15, -0.1) is 0 Å². The van der Waals surface area contributed by atoms with E-state index in [0.717, 1.165) is 32.6 Å². The SMILES string of the molecule is Cc1ccccc1-c1noc(-c2ccc3c(c2)c(Cl)cn3C(C)C)n1. The summed E-state index contributed by atoms with van der Waals surface area (Å²) in [6, 6.07) is 14.4. The molecular formula is C20H18ClN3O. The second-order valence-electron chi connectivity index (χ2n) is 6.45. The highest BCUT2D eigenvalue weighted by Crippen LogP contribution is 2.32. The molecule has 0 amide bonds. The second-order valence-corrected chi connectivity index (χ2v) is 6.86. The monoisotopic (exact) mass is 351 g/mol. The smallest absolute Gasteiger partial charge is 0.258 e. The molecule has 0 unspecified atom stereocenters. The number of halogens is 1. The van der Waals surface area contributed by atoms with Gasteiger partial charge in [0, 0.05) is 34.3 Å². The number of benzene rings is 2. The van der Waals surface area contributed by atoms with Gasteiger partial charge in [-0.25, -0.2) is 0 Å². The molecule has 4 rings (SSSR count). The third-order valence-corrected chi connectivity index (χ3v) is 4.70. The maximum atomic E-state index is 6.42. The average Bonchev–Trinajstić information content (AvgIpc) is 3.20. The highest BCUT2D eigenvalue weighted by molar-refractivity contribution is 6.35.